The number of phenols is 2. The Kier molecular flexibility index (Phi) is 11.6. The predicted octanol–water partition coefficient (Wildman–Crippen LogP) is 2.52. The highest BCUT2D eigenvalue weighted by molar-refractivity contribution is 5.94. The number of aliphatic carboxylic acids is 1. The fourth-order valence-electron chi connectivity index (χ4n) is 5.27. The number of aromatic amines is 1. The maximum Gasteiger partial charge on any atom is 0.326 e. The SMILES string of the molecule is CCC(C)C(NC(=O)C(N)Cc1c[nH]c2ccccc12)C(=O)NC(Cc1ccc(O)cc1)C(=O)NC(Cc1ccc(O)cc1)C(=O)O. The summed E-state index contributed by atoms with van der Waals surface area (Å²) in [6.45, 7) is 3.66. The van der Waals surface area contributed by atoms with E-state index in [1.54, 1.807) is 37.4 Å². The van der Waals surface area contributed by atoms with E-state index < -0.39 is 47.9 Å². The first kappa shape index (κ1) is 34.5. The maximum absolute atomic E-state index is 13.8. The highest BCUT2D eigenvalue weighted by atomic mass is 16.4. The largest absolute Gasteiger partial charge is 0.508 e. The molecule has 3 amide bonds. The second-order valence-electron chi connectivity index (χ2n) is 11.7. The van der Waals surface area contributed by atoms with Crippen LogP contribution in [-0.4, -0.2) is 68.2 Å². The van der Waals surface area contributed by atoms with Crippen molar-refractivity contribution in [2.75, 3.05) is 0 Å². The molecule has 0 fully saturated rings. The number of benzene rings is 3. The van der Waals surface area contributed by atoms with Gasteiger partial charge in [-0.3, -0.25) is 14.4 Å². The molecule has 3 aromatic carbocycles. The first-order valence-electron chi connectivity index (χ1n) is 15.5. The zero-order valence-corrected chi connectivity index (χ0v) is 26.3. The Labute approximate surface area is 272 Å². The van der Waals surface area contributed by atoms with Crippen LogP contribution in [0.5, 0.6) is 11.5 Å². The highest BCUT2D eigenvalue weighted by Gasteiger charge is 2.33. The number of hydrogen-bond donors (Lipinski definition) is 8. The van der Waals surface area contributed by atoms with E-state index in [1.807, 2.05) is 31.2 Å². The zero-order valence-electron chi connectivity index (χ0n) is 26.3. The monoisotopic (exact) mass is 643 g/mol. The second kappa shape index (κ2) is 15.8. The van der Waals surface area contributed by atoms with Crippen LogP contribution in [0, 0.1) is 5.92 Å². The summed E-state index contributed by atoms with van der Waals surface area (Å²) in [5.41, 5.74) is 9.23. The zero-order chi connectivity index (χ0) is 34.1. The summed E-state index contributed by atoms with van der Waals surface area (Å²) in [6, 6.07) is 15.1. The number of rotatable bonds is 15. The number of para-hydroxylation sites is 1. The molecule has 12 nitrogen and oxygen atoms in total. The average molecular weight is 644 g/mol. The number of aromatic nitrogens is 1. The summed E-state index contributed by atoms with van der Waals surface area (Å²) in [7, 11) is 0. The van der Waals surface area contributed by atoms with E-state index >= 15 is 0 Å². The van der Waals surface area contributed by atoms with Crippen molar-refractivity contribution in [3.05, 3.63) is 95.7 Å². The molecular formula is C35H41N5O7. The Morgan fingerprint density at radius 2 is 1.30 bits per heavy atom. The number of nitrogens with one attached hydrogen (secondary N) is 4. The number of fused-ring (bicyclic) bond motifs is 1. The van der Waals surface area contributed by atoms with Crippen molar-refractivity contribution in [1.82, 2.24) is 20.9 Å². The summed E-state index contributed by atoms with van der Waals surface area (Å²) >= 11 is 0. The van der Waals surface area contributed by atoms with Crippen molar-refractivity contribution in [2.45, 2.75) is 63.7 Å². The molecule has 1 heterocycles. The second-order valence-corrected chi connectivity index (χ2v) is 11.7. The first-order chi connectivity index (χ1) is 22.4. The van der Waals surface area contributed by atoms with E-state index in [9.17, 15) is 34.5 Å². The van der Waals surface area contributed by atoms with Crippen LogP contribution in [-0.2, 0) is 38.4 Å². The summed E-state index contributed by atoms with van der Waals surface area (Å²) in [5, 5.41) is 38.1. The van der Waals surface area contributed by atoms with Gasteiger partial charge in [0.1, 0.15) is 29.6 Å². The van der Waals surface area contributed by atoms with Gasteiger partial charge >= 0.3 is 5.97 Å². The molecule has 4 aromatic rings. The summed E-state index contributed by atoms with van der Waals surface area (Å²) in [6.07, 6.45) is 2.47. The molecule has 9 N–H and O–H groups in total. The van der Waals surface area contributed by atoms with E-state index in [-0.39, 0.29) is 36.7 Å². The maximum atomic E-state index is 13.8. The molecule has 0 saturated heterocycles. The Balaban J connectivity index is 1.51. The number of aromatic hydroxyl groups is 2. The van der Waals surface area contributed by atoms with Crippen LogP contribution in [0.25, 0.3) is 10.9 Å². The van der Waals surface area contributed by atoms with Crippen molar-refractivity contribution in [3.8, 4) is 11.5 Å². The van der Waals surface area contributed by atoms with Crippen LogP contribution in [0.2, 0.25) is 0 Å². The van der Waals surface area contributed by atoms with Gasteiger partial charge in [-0.15, -0.1) is 0 Å². The third-order valence-corrected chi connectivity index (χ3v) is 8.24. The number of hydrogen-bond acceptors (Lipinski definition) is 7. The van der Waals surface area contributed by atoms with E-state index in [2.05, 4.69) is 20.9 Å². The molecule has 0 aliphatic heterocycles. The fraction of sp³-hybridized carbons (Fsp3) is 0.314. The quantitative estimate of drug-likeness (QED) is 0.0963. The lowest BCUT2D eigenvalue weighted by molar-refractivity contribution is -0.142. The van der Waals surface area contributed by atoms with Gasteiger partial charge < -0.3 is 42.0 Å². The first-order valence-corrected chi connectivity index (χ1v) is 15.5. The Morgan fingerprint density at radius 3 is 1.87 bits per heavy atom. The van der Waals surface area contributed by atoms with Crippen LogP contribution < -0.4 is 21.7 Å². The minimum Gasteiger partial charge on any atom is -0.508 e. The number of carboxylic acid groups (broad SMARTS) is 1. The lowest BCUT2D eigenvalue weighted by atomic mass is 9.96. The number of phenolic OH excluding ortho intramolecular Hbond substituents is 2. The number of H-pyrrole nitrogens is 1. The summed E-state index contributed by atoms with van der Waals surface area (Å²) in [4.78, 5) is 55.9. The van der Waals surface area contributed by atoms with Crippen LogP contribution in [0.3, 0.4) is 0 Å². The minimum atomic E-state index is -1.33. The standard InChI is InChI=1S/C35H41N5O7/c1-3-20(2)31(40-32(43)27(36)18-23-19-37-28-7-5-4-6-26(23)28)34(45)38-29(16-21-8-12-24(41)13-9-21)33(44)39-30(35(46)47)17-22-10-14-25(42)15-11-22/h4-15,19-20,27,29-31,37,41-42H,3,16-18,36H2,1-2H3,(H,38,45)(H,39,44)(H,40,43)(H,46,47). The number of nitrogens with two attached hydrogens (primary N) is 1. The third kappa shape index (κ3) is 9.33. The Bertz CT molecular complexity index is 1690. The van der Waals surface area contributed by atoms with Gasteiger partial charge in [0, 0.05) is 29.9 Å². The molecule has 0 bridgehead atoms. The molecule has 5 unspecified atom stereocenters. The van der Waals surface area contributed by atoms with Crippen LogP contribution in [0.1, 0.15) is 37.0 Å². The molecule has 0 radical (unpaired) electrons. The van der Waals surface area contributed by atoms with Gasteiger partial charge in [0.15, 0.2) is 0 Å². The van der Waals surface area contributed by atoms with Gasteiger partial charge in [-0.2, -0.15) is 0 Å². The molecule has 0 spiro atoms. The van der Waals surface area contributed by atoms with E-state index in [0.29, 0.717) is 17.5 Å². The van der Waals surface area contributed by atoms with Crippen molar-refractivity contribution in [2.24, 2.45) is 11.7 Å². The van der Waals surface area contributed by atoms with Crippen molar-refractivity contribution >= 4 is 34.6 Å². The molecule has 4 rings (SSSR count). The lowest BCUT2D eigenvalue weighted by Gasteiger charge is -2.28. The van der Waals surface area contributed by atoms with Crippen molar-refractivity contribution < 1.29 is 34.5 Å². The van der Waals surface area contributed by atoms with Gasteiger partial charge in [-0.1, -0.05) is 62.7 Å². The van der Waals surface area contributed by atoms with E-state index in [0.717, 1.165) is 16.5 Å². The lowest BCUT2D eigenvalue weighted by Crippen LogP contribution is -2.59. The van der Waals surface area contributed by atoms with Crippen molar-refractivity contribution in [1.29, 1.82) is 0 Å². The number of carbonyl (C=O) groups is 4. The molecular weight excluding hydrogens is 602 g/mol. The summed E-state index contributed by atoms with van der Waals surface area (Å²) in [5.74, 6) is -3.49. The molecule has 47 heavy (non-hydrogen) atoms. The van der Waals surface area contributed by atoms with E-state index in [4.69, 9.17) is 5.73 Å². The fourth-order valence-corrected chi connectivity index (χ4v) is 5.27. The highest BCUT2D eigenvalue weighted by Crippen LogP contribution is 2.19. The van der Waals surface area contributed by atoms with Crippen LogP contribution in [0.4, 0.5) is 0 Å². The molecule has 0 aliphatic carbocycles. The van der Waals surface area contributed by atoms with Crippen molar-refractivity contribution in [3.63, 3.8) is 0 Å². The number of carboxylic acids is 1. The predicted molar refractivity (Wildman–Crippen MR) is 176 cm³/mol. The minimum absolute atomic E-state index is 0.0159. The topological polar surface area (TPSA) is 207 Å². The van der Waals surface area contributed by atoms with Gasteiger partial charge in [-0.25, -0.2) is 4.79 Å². The summed E-state index contributed by atoms with van der Waals surface area (Å²) < 4.78 is 0. The van der Waals surface area contributed by atoms with Gasteiger partial charge in [0.2, 0.25) is 17.7 Å². The number of carbonyl (C=O) groups excluding carboxylic acids is 3. The molecule has 0 aliphatic rings. The van der Waals surface area contributed by atoms with E-state index in [1.165, 1.54) is 24.3 Å². The normalized spacial score (nSPS) is 14.4. The Hall–Kier alpha value is -5.36. The van der Waals surface area contributed by atoms with Gasteiger partial charge in [-0.05, 0) is 59.4 Å². The molecule has 12 heteroatoms. The average Bonchev–Trinajstić information content (AvgIpc) is 3.46. The van der Waals surface area contributed by atoms with Crippen LogP contribution in [0.15, 0.2) is 79.0 Å². The Morgan fingerprint density at radius 1 is 0.745 bits per heavy atom. The van der Waals surface area contributed by atoms with Gasteiger partial charge in [0.05, 0.1) is 6.04 Å². The number of amides is 3. The smallest absolute Gasteiger partial charge is 0.326 e. The molecule has 0 saturated carbocycles. The van der Waals surface area contributed by atoms with Gasteiger partial charge in [0.25, 0.3) is 0 Å². The molecule has 248 valence electrons. The molecule has 5 atom stereocenters. The third-order valence-electron chi connectivity index (χ3n) is 8.24. The van der Waals surface area contributed by atoms with Crippen LogP contribution >= 0.6 is 0 Å². The molecule has 1 aromatic heterocycles.